The number of Topliss-reactive ketones (excluding diaryl/α,β-unsaturated/α-hetero) is 1. The number of ketones is 1. The summed E-state index contributed by atoms with van der Waals surface area (Å²) < 4.78 is 44.7. The summed E-state index contributed by atoms with van der Waals surface area (Å²) in [5, 5.41) is 6.97. The molecule has 0 spiro atoms. The summed E-state index contributed by atoms with van der Waals surface area (Å²) in [6, 6.07) is 3.89. The molecule has 0 saturated carbocycles. The first-order valence-electron chi connectivity index (χ1n) is 13.3. The van der Waals surface area contributed by atoms with Gasteiger partial charge in [-0.1, -0.05) is 52.7 Å². The second kappa shape index (κ2) is 13.4. The van der Waals surface area contributed by atoms with Crippen molar-refractivity contribution in [3.05, 3.63) is 53.2 Å². The third-order valence-corrected chi connectivity index (χ3v) is 7.25. The van der Waals surface area contributed by atoms with Crippen molar-refractivity contribution in [3.8, 4) is 0 Å². The Bertz CT molecular complexity index is 1230. The van der Waals surface area contributed by atoms with Crippen LogP contribution in [-0.4, -0.2) is 65.0 Å². The molecule has 0 unspecified atom stereocenters. The number of benzene rings is 1. The predicted molar refractivity (Wildman–Crippen MR) is 151 cm³/mol. The lowest BCUT2D eigenvalue weighted by Gasteiger charge is -2.34. The molecule has 13 heteroatoms. The minimum Gasteiger partial charge on any atom is -0.444 e. The number of carbonyl (C=O) groups excluding carboxylic acids is 3. The van der Waals surface area contributed by atoms with Gasteiger partial charge in [0.15, 0.2) is 5.13 Å². The van der Waals surface area contributed by atoms with Crippen LogP contribution in [0.1, 0.15) is 58.1 Å². The number of nitrogens with one attached hydrogen (secondary N) is 2. The summed E-state index contributed by atoms with van der Waals surface area (Å²) in [7, 11) is 1.82. The van der Waals surface area contributed by atoms with E-state index in [1.807, 2.05) is 50.7 Å². The van der Waals surface area contributed by atoms with Gasteiger partial charge < -0.3 is 19.9 Å². The number of alkyl halides is 3. The number of anilines is 1. The second-order valence-electron chi connectivity index (χ2n) is 11.0. The Morgan fingerprint density at radius 1 is 1.15 bits per heavy atom. The molecule has 0 saturated heterocycles. The molecule has 0 bridgehead atoms. The second-order valence-corrected chi connectivity index (χ2v) is 11.8. The molecule has 2 amide bonds. The van der Waals surface area contributed by atoms with Crippen molar-refractivity contribution in [2.75, 3.05) is 25.6 Å². The van der Waals surface area contributed by atoms with Crippen molar-refractivity contribution in [2.45, 2.75) is 65.3 Å². The monoisotopic (exact) mass is 595 g/mol. The Hall–Kier alpha value is -3.61. The zero-order valence-corrected chi connectivity index (χ0v) is 24.6. The fraction of sp³-hybridized carbons (Fsp3) is 0.500. The van der Waals surface area contributed by atoms with Gasteiger partial charge in [0.05, 0.1) is 24.5 Å². The van der Waals surface area contributed by atoms with Crippen LogP contribution in [0, 0.1) is 5.41 Å². The number of nitrogens with zero attached hydrogens (tertiary/aromatic N) is 3. The van der Waals surface area contributed by atoms with Crippen molar-refractivity contribution < 1.29 is 32.3 Å². The van der Waals surface area contributed by atoms with Crippen LogP contribution < -0.4 is 10.6 Å². The van der Waals surface area contributed by atoms with Crippen LogP contribution in [0.15, 0.2) is 42.0 Å². The van der Waals surface area contributed by atoms with Gasteiger partial charge in [0.2, 0.25) is 5.78 Å². The largest absolute Gasteiger partial charge is 0.444 e. The molecule has 3 rings (SSSR count). The van der Waals surface area contributed by atoms with Crippen molar-refractivity contribution in [2.24, 2.45) is 5.41 Å². The minimum absolute atomic E-state index is 0.270. The molecule has 2 aromatic rings. The van der Waals surface area contributed by atoms with Crippen LogP contribution in [-0.2, 0) is 20.5 Å². The van der Waals surface area contributed by atoms with Gasteiger partial charge in [-0.15, -0.1) is 11.3 Å². The fourth-order valence-electron chi connectivity index (χ4n) is 4.18. The molecule has 0 aliphatic carbocycles. The normalized spacial score (nSPS) is 15.3. The summed E-state index contributed by atoms with van der Waals surface area (Å²) in [5.74, 6) is -1.65. The van der Waals surface area contributed by atoms with Crippen LogP contribution in [0.4, 0.5) is 23.1 Å². The van der Waals surface area contributed by atoms with Gasteiger partial charge in [0.25, 0.3) is 5.91 Å². The average Bonchev–Trinajstić information content (AvgIpc) is 3.54. The van der Waals surface area contributed by atoms with E-state index in [1.165, 1.54) is 29.7 Å². The van der Waals surface area contributed by atoms with E-state index in [0.717, 1.165) is 24.3 Å². The average molecular weight is 596 g/mol. The van der Waals surface area contributed by atoms with Gasteiger partial charge in [-0.3, -0.25) is 14.9 Å². The van der Waals surface area contributed by atoms with Crippen LogP contribution in [0.3, 0.4) is 0 Å². The van der Waals surface area contributed by atoms with Crippen LogP contribution >= 0.6 is 11.3 Å². The Balaban J connectivity index is 1.68. The number of alkyl carbamates (subject to hydrolysis) is 1. The molecular weight excluding hydrogens is 559 g/mol. The quantitative estimate of drug-likeness (QED) is 0.327. The molecule has 9 nitrogen and oxygen atoms in total. The maximum atomic E-state index is 13.0. The lowest BCUT2D eigenvalue weighted by molar-refractivity contribution is -0.137. The lowest BCUT2D eigenvalue weighted by Crippen LogP contribution is -2.49. The first kappa shape index (κ1) is 31.9. The number of unbranched alkanes of at least 4 members (excludes halogenated alkanes) is 1. The number of aromatic nitrogens is 1. The zero-order valence-electron chi connectivity index (χ0n) is 23.7. The molecule has 2 N–H and O–H groups in total. The van der Waals surface area contributed by atoms with E-state index in [4.69, 9.17) is 4.74 Å². The summed E-state index contributed by atoms with van der Waals surface area (Å²) in [5.41, 5.74) is 0.143. The number of halogens is 3. The third kappa shape index (κ3) is 8.94. The number of thiazole rings is 1. The van der Waals surface area contributed by atoms with Gasteiger partial charge in [0.1, 0.15) is 12.1 Å². The maximum absolute atomic E-state index is 13.0. The molecule has 1 aliphatic rings. The van der Waals surface area contributed by atoms with E-state index in [-0.39, 0.29) is 11.6 Å². The van der Waals surface area contributed by atoms with Crippen LogP contribution in [0.5, 0.6) is 0 Å². The van der Waals surface area contributed by atoms with E-state index in [2.05, 4.69) is 15.6 Å². The topological polar surface area (TPSA) is 104 Å². The van der Waals surface area contributed by atoms with E-state index in [9.17, 15) is 27.6 Å². The van der Waals surface area contributed by atoms with E-state index >= 15 is 0 Å². The molecular formula is C28H36F3N5O4S. The summed E-state index contributed by atoms with van der Waals surface area (Å²) in [6.07, 6.45) is -0.890. The van der Waals surface area contributed by atoms with Crippen molar-refractivity contribution in [3.63, 3.8) is 0 Å². The van der Waals surface area contributed by atoms with Gasteiger partial charge >= 0.3 is 12.3 Å². The Labute approximate surface area is 241 Å². The Morgan fingerprint density at radius 3 is 2.39 bits per heavy atom. The molecule has 1 aromatic heterocycles. The van der Waals surface area contributed by atoms with E-state index in [0.29, 0.717) is 25.2 Å². The summed E-state index contributed by atoms with van der Waals surface area (Å²) in [4.78, 5) is 46.1. The Kier molecular flexibility index (Phi) is 10.4. The van der Waals surface area contributed by atoms with Gasteiger partial charge in [-0.05, 0) is 24.1 Å². The Morgan fingerprint density at radius 2 is 1.83 bits per heavy atom. The highest BCUT2D eigenvalue weighted by Gasteiger charge is 2.34. The summed E-state index contributed by atoms with van der Waals surface area (Å²) in [6.45, 7) is 8.39. The molecule has 1 aromatic carbocycles. The highest BCUT2D eigenvalue weighted by Crippen LogP contribution is 2.32. The molecule has 224 valence electrons. The van der Waals surface area contributed by atoms with Crippen molar-refractivity contribution in [1.82, 2.24) is 20.1 Å². The molecule has 1 aliphatic heterocycles. The van der Waals surface area contributed by atoms with Gasteiger partial charge in [-0.25, -0.2) is 9.78 Å². The van der Waals surface area contributed by atoms with Crippen molar-refractivity contribution >= 4 is 39.9 Å². The smallest absolute Gasteiger partial charge is 0.416 e. The van der Waals surface area contributed by atoms with Crippen LogP contribution in [0.25, 0.3) is 5.70 Å². The SMILES string of the molecule is CCCC[C@H](NC(=O)O[C@H](CN1C=C(c2ccc(C(F)(F)F)cc2)N(C)C1)C(C)(C)C)C(=O)C(=O)Nc1nccs1. The fourth-order valence-corrected chi connectivity index (χ4v) is 4.71. The van der Waals surface area contributed by atoms with Gasteiger partial charge in [0, 0.05) is 30.2 Å². The molecule has 0 radical (unpaired) electrons. The summed E-state index contributed by atoms with van der Waals surface area (Å²) >= 11 is 1.17. The zero-order chi connectivity index (χ0) is 30.4. The molecule has 41 heavy (non-hydrogen) atoms. The first-order valence-corrected chi connectivity index (χ1v) is 14.1. The highest BCUT2D eigenvalue weighted by molar-refractivity contribution is 7.13. The number of rotatable bonds is 11. The molecule has 2 atom stereocenters. The lowest BCUT2D eigenvalue weighted by atomic mass is 9.88. The molecule has 0 fully saturated rings. The van der Waals surface area contributed by atoms with Crippen molar-refractivity contribution in [1.29, 1.82) is 0 Å². The maximum Gasteiger partial charge on any atom is 0.416 e. The number of hydrogen-bond acceptors (Lipinski definition) is 8. The number of hydrogen-bond donors (Lipinski definition) is 2. The van der Waals surface area contributed by atoms with Gasteiger partial charge in [-0.2, -0.15) is 13.2 Å². The number of carbonyl (C=O) groups is 3. The minimum atomic E-state index is -4.41. The first-order chi connectivity index (χ1) is 19.2. The molecule has 2 heterocycles. The third-order valence-electron chi connectivity index (χ3n) is 6.56. The predicted octanol–water partition coefficient (Wildman–Crippen LogP) is 5.57. The van der Waals surface area contributed by atoms with E-state index in [1.54, 1.807) is 5.38 Å². The van der Waals surface area contributed by atoms with E-state index < -0.39 is 47.1 Å². The van der Waals surface area contributed by atoms with Crippen LogP contribution in [0.2, 0.25) is 0 Å². The number of ether oxygens (including phenoxy) is 1. The highest BCUT2D eigenvalue weighted by atomic mass is 32.1. The standard InChI is InChI=1S/C28H36F3N5O4S/c1-6-7-8-20(23(37)24(38)34-25-32-13-14-41-25)33-26(39)40-22(27(2,3)4)16-36-15-21(35(5)17-36)18-9-11-19(12-10-18)28(29,30)31/h9-15,20,22H,6-8,16-17H2,1-5H3,(H,33,39)(H,32,34,38)/t20-,22+/m0/s1. The number of amides is 2.